The van der Waals surface area contributed by atoms with E-state index < -0.39 is 0 Å². The summed E-state index contributed by atoms with van der Waals surface area (Å²) in [5.41, 5.74) is 1.69. The number of nitrogens with zero attached hydrogens (tertiary/aromatic N) is 1. The molecule has 1 aromatic carbocycles. The lowest BCUT2D eigenvalue weighted by Gasteiger charge is -2.21. The summed E-state index contributed by atoms with van der Waals surface area (Å²) < 4.78 is 1.09. The maximum absolute atomic E-state index is 11.6. The van der Waals surface area contributed by atoms with Gasteiger partial charge in [-0.2, -0.15) is 0 Å². The Hall–Kier alpha value is -0.620. The number of aldehydes is 1. The Labute approximate surface area is 113 Å². The fourth-order valence-electron chi connectivity index (χ4n) is 1.40. The van der Waals surface area contributed by atoms with Crippen LogP contribution in [0.5, 0.6) is 0 Å². The summed E-state index contributed by atoms with van der Waals surface area (Å²) in [5, 5.41) is 0. The van der Waals surface area contributed by atoms with Crippen LogP contribution in [0, 0.1) is 10.5 Å². The number of hydrogen-bond donors (Lipinski definition) is 0. The molecule has 1 rings (SSSR count). The van der Waals surface area contributed by atoms with Gasteiger partial charge in [-0.3, -0.25) is 4.79 Å². The molecular formula is C11H11ClINO2. The molecule has 0 saturated carbocycles. The van der Waals surface area contributed by atoms with Gasteiger partial charge in [-0.05, 0) is 53.3 Å². The Morgan fingerprint density at radius 1 is 1.56 bits per heavy atom. The van der Waals surface area contributed by atoms with Gasteiger partial charge in [0.1, 0.15) is 12.2 Å². The van der Waals surface area contributed by atoms with Gasteiger partial charge in [0.25, 0.3) is 0 Å². The van der Waals surface area contributed by atoms with Crippen LogP contribution in [0.1, 0.15) is 5.56 Å². The Morgan fingerprint density at radius 3 is 2.75 bits per heavy atom. The molecule has 0 spiro atoms. The van der Waals surface area contributed by atoms with Crippen molar-refractivity contribution in [2.75, 3.05) is 17.3 Å². The molecule has 0 aromatic heterocycles. The molecule has 0 aliphatic carbocycles. The van der Waals surface area contributed by atoms with Crippen LogP contribution in [0.2, 0.25) is 0 Å². The van der Waals surface area contributed by atoms with Crippen LogP contribution >= 0.6 is 34.2 Å². The standard InChI is InChI=1S/C11H11ClINO2/c1-8-6-9(13)2-3-10(8)14(4-5-15)11(16)7-12/h2-3,5-6H,4,7H2,1H3. The highest BCUT2D eigenvalue weighted by Gasteiger charge is 2.15. The lowest BCUT2D eigenvalue weighted by molar-refractivity contribution is -0.117. The molecule has 5 heteroatoms. The van der Waals surface area contributed by atoms with Crippen LogP contribution in [-0.4, -0.2) is 24.6 Å². The molecule has 1 amide bonds. The van der Waals surface area contributed by atoms with Gasteiger partial charge in [-0.25, -0.2) is 0 Å². The number of carbonyl (C=O) groups excluding carboxylic acids is 2. The first kappa shape index (κ1) is 13.4. The summed E-state index contributed by atoms with van der Waals surface area (Å²) in [7, 11) is 0. The zero-order valence-electron chi connectivity index (χ0n) is 8.74. The number of amides is 1. The fraction of sp³-hybridized carbons (Fsp3) is 0.273. The second-order valence-corrected chi connectivity index (χ2v) is 4.75. The monoisotopic (exact) mass is 351 g/mol. The van der Waals surface area contributed by atoms with Crippen LogP contribution in [0.4, 0.5) is 5.69 Å². The molecule has 86 valence electrons. The third-order valence-electron chi connectivity index (χ3n) is 2.12. The molecule has 0 aliphatic rings. The number of aryl methyl sites for hydroxylation is 1. The van der Waals surface area contributed by atoms with E-state index in [-0.39, 0.29) is 18.3 Å². The van der Waals surface area contributed by atoms with Gasteiger partial charge < -0.3 is 9.69 Å². The maximum atomic E-state index is 11.6. The number of carbonyl (C=O) groups is 2. The van der Waals surface area contributed by atoms with Gasteiger partial charge in [-0.15, -0.1) is 11.6 Å². The van der Waals surface area contributed by atoms with Crippen molar-refractivity contribution in [3.8, 4) is 0 Å². The molecule has 0 aliphatic heterocycles. The Bertz CT molecular complexity index is 409. The van der Waals surface area contributed by atoms with Crippen LogP contribution < -0.4 is 4.90 Å². The van der Waals surface area contributed by atoms with Crippen molar-refractivity contribution in [2.24, 2.45) is 0 Å². The Morgan fingerprint density at radius 2 is 2.25 bits per heavy atom. The molecule has 3 nitrogen and oxygen atoms in total. The number of rotatable bonds is 4. The summed E-state index contributed by atoms with van der Waals surface area (Å²) >= 11 is 7.70. The maximum Gasteiger partial charge on any atom is 0.242 e. The summed E-state index contributed by atoms with van der Waals surface area (Å²) in [6.07, 6.45) is 0.696. The number of hydrogen-bond acceptors (Lipinski definition) is 2. The molecule has 16 heavy (non-hydrogen) atoms. The largest absolute Gasteiger partial charge is 0.304 e. The van der Waals surface area contributed by atoms with Crippen molar-refractivity contribution in [3.05, 3.63) is 27.3 Å². The fourth-order valence-corrected chi connectivity index (χ4v) is 2.19. The third kappa shape index (κ3) is 3.18. The second-order valence-electron chi connectivity index (χ2n) is 3.24. The Balaban J connectivity index is 3.10. The van der Waals surface area contributed by atoms with Gasteiger partial charge >= 0.3 is 0 Å². The van der Waals surface area contributed by atoms with E-state index in [0.717, 1.165) is 14.8 Å². The normalized spacial score (nSPS) is 9.94. The predicted molar refractivity (Wildman–Crippen MR) is 73.0 cm³/mol. The number of benzene rings is 1. The number of anilines is 1. The van der Waals surface area contributed by atoms with Gasteiger partial charge in [-0.1, -0.05) is 0 Å². The number of halogens is 2. The van der Waals surface area contributed by atoms with Gasteiger partial charge in [0.05, 0.1) is 6.54 Å². The van der Waals surface area contributed by atoms with E-state index in [1.54, 1.807) is 0 Å². The molecular weight excluding hydrogens is 340 g/mol. The first-order valence-corrected chi connectivity index (χ1v) is 6.27. The number of alkyl halides is 1. The predicted octanol–water partition coefficient (Wildman–Crippen LogP) is 2.37. The van der Waals surface area contributed by atoms with Crippen LogP contribution in [0.15, 0.2) is 18.2 Å². The minimum atomic E-state index is -0.266. The van der Waals surface area contributed by atoms with E-state index in [0.29, 0.717) is 6.29 Å². The van der Waals surface area contributed by atoms with Gasteiger partial charge in [0.15, 0.2) is 0 Å². The molecule has 0 radical (unpaired) electrons. The van der Waals surface area contributed by atoms with Crippen LogP contribution in [-0.2, 0) is 9.59 Å². The minimum Gasteiger partial charge on any atom is -0.304 e. The highest BCUT2D eigenvalue weighted by molar-refractivity contribution is 14.1. The summed E-state index contributed by atoms with van der Waals surface area (Å²) in [5.74, 6) is -0.391. The molecule has 0 saturated heterocycles. The average molecular weight is 352 g/mol. The molecule has 0 unspecified atom stereocenters. The molecule has 0 N–H and O–H groups in total. The molecule has 0 heterocycles. The van der Waals surface area contributed by atoms with E-state index in [1.807, 2.05) is 25.1 Å². The third-order valence-corrected chi connectivity index (χ3v) is 3.02. The quantitative estimate of drug-likeness (QED) is 0.474. The highest BCUT2D eigenvalue weighted by Crippen LogP contribution is 2.22. The molecule has 0 atom stereocenters. The minimum absolute atomic E-state index is 0.0347. The van der Waals surface area contributed by atoms with Crippen molar-refractivity contribution in [1.29, 1.82) is 0 Å². The van der Waals surface area contributed by atoms with E-state index in [9.17, 15) is 9.59 Å². The topological polar surface area (TPSA) is 37.4 Å². The molecule has 0 bridgehead atoms. The summed E-state index contributed by atoms with van der Waals surface area (Å²) in [4.78, 5) is 23.5. The first-order chi connectivity index (χ1) is 7.60. The summed E-state index contributed by atoms with van der Waals surface area (Å²) in [6.45, 7) is 1.93. The van der Waals surface area contributed by atoms with Gasteiger partial charge in [0, 0.05) is 9.26 Å². The molecule has 1 aromatic rings. The zero-order chi connectivity index (χ0) is 12.1. The molecule has 0 fully saturated rings. The first-order valence-electron chi connectivity index (χ1n) is 4.66. The lowest BCUT2D eigenvalue weighted by Crippen LogP contribution is -2.34. The highest BCUT2D eigenvalue weighted by atomic mass is 127. The van der Waals surface area contributed by atoms with Gasteiger partial charge in [0.2, 0.25) is 5.91 Å². The van der Waals surface area contributed by atoms with Crippen LogP contribution in [0.3, 0.4) is 0 Å². The Kier molecular flexibility index (Phi) is 5.21. The van der Waals surface area contributed by atoms with E-state index in [4.69, 9.17) is 11.6 Å². The smallest absolute Gasteiger partial charge is 0.242 e. The van der Waals surface area contributed by atoms with Crippen molar-refractivity contribution in [2.45, 2.75) is 6.92 Å². The lowest BCUT2D eigenvalue weighted by atomic mass is 10.2. The van der Waals surface area contributed by atoms with E-state index in [1.165, 1.54) is 4.90 Å². The van der Waals surface area contributed by atoms with E-state index in [2.05, 4.69) is 22.6 Å². The van der Waals surface area contributed by atoms with Crippen molar-refractivity contribution in [1.82, 2.24) is 0 Å². The average Bonchev–Trinajstić information content (AvgIpc) is 2.26. The second kappa shape index (κ2) is 6.20. The van der Waals surface area contributed by atoms with Crippen molar-refractivity contribution >= 4 is 52.1 Å². The van der Waals surface area contributed by atoms with Crippen molar-refractivity contribution < 1.29 is 9.59 Å². The van der Waals surface area contributed by atoms with Crippen LogP contribution in [0.25, 0.3) is 0 Å². The zero-order valence-corrected chi connectivity index (χ0v) is 11.7. The van der Waals surface area contributed by atoms with E-state index >= 15 is 0 Å². The van der Waals surface area contributed by atoms with Crippen molar-refractivity contribution in [3.63, 3.8) is 0 Å². The SMILES string of the molecule is Cc1cc(I)ccc1N(CC=O)C(=O)CCl. The summed E-state index contributed by atoms with van der Waals surface area (Å²) in [6, 6.07) is 5.67.